The lowest BCUT2D eigenvalue weighted by molar-refractivity contribution is -0.149. The molecule has 1 saturated heterocycles. The lowest BCUT2D eigenvalue weighted by Gasteiger charge is -2.25. The van der Waals surface area contributed by atoms with E-state index in [9.17, 15) is 24.1 Å². The highest BCUT2D eigenvalue weighted by Gasteiger charge is 2.60. The summed E-state index contributed by atoms with van der Waals surface area (Å²) in [5.74, 6) is -5.51. The molecule has 3 unspecified atom stereocenters. The second-order valence-electron chi connectivity index (χ2n) is 11.8. The number of rotatable bonds is 12. The van der Waals surface area contributed by atoms with E-state index < -0.39 is 68.4 Å². The molecular formula is C31H36F2N5O9P. The van der Waals surface area contributed by atoms with E-state index in [1.807, 2.05) is 13.0 Å². The highest BCUT2D eigenvalue weighted by molar-refractivity contribution is 7.52. The van der Waals surface area contributed by atoms with Crippen molar-refractivity contribution in [3.05, 3.63) is 82.4 Å². The quantitative estimate of drug-likeness (QED) is 0.159. The van der Waals surface area contributed by atoms with E-state index in [4.69, 9.17) is 18.5 Å². The minimum absolute atomic E-state index is 0.0705. The molecule has 4 N–H and O–H groups in total. The Hall–Kier alpha value is -4.21. The van der Waals surface area contributed by atoms with Crippen LogP contribution in [0.5, 0.6) is 5.75 Å². The second-order valence-corrected chi connectivity index (χ2v) is 13.5. The maximum absolute atomic E-state index is 15.3. The van der Waals surface area contributed by atoms with Crippen molar-refractivity contribution in [2.24, 2.45) is 0 Å². The second kappa shape index (κ2) is 14.1. The molecule has 6 atom stereocenters. The third-order valence-electron chi connectivity index (χ3n) is 7.44. The number of fused-ring (bicyclic) bond motifs is 1. The number of hydrogen-bond acceptors (Lipinski definition) is 11. The Bertz CT molecular complexity index is 1760. The topological polar surface area (TPSA) is 179 Å². The van der Waals surface area contributed by atoms with Gasteiger partial charge in [0.05, 0.1) is 12.7 Å². The smallest absolute Gasteiger partial charge is 0.459 e. The zero-order valence-electron chi connectivity index (χ0n) is 26.5. The molecule has 14 nitrogen and oxygen atoms in total. The molecule has 0 radical (unpaired) electrons. The van der Waals surface area contributed by atoms with Crippen LogP contribution in [0.2, 0.25) is 0 Å². The SMILES string of the molecule is CC1Cc2ccc(C(=O)Nc3ccn(C4O[C@H](COP(=O)(N[C@H](C)C(=O)OC(C)C)Oc5ccccc5)[C@@H](O)C4(F)F)c(=O)n3)cc2N1. The summed E-state index contributed by atoms with van der Waals surface area (Å²) in [4.78, 5) is 41.8. The van der Waals surface area contributed by atoms with Crippen LogP contribution >= 0.6 is 7.75 Å². The van der Waals surface area contributed by atoms with Gasteiger partial charge in [-0.3, -0.25) is 18.7 Å². The van der Waals surface area contributed by atoms with Crippen LogP contribution in [0, 0.1) is 0 Å². The van der Waals surface area contributed by atoms with E-state index in [0.717, 1.165) is 29.9 Å². The van der Waals surface area contributed by atoms with Gasteiger partial charge in [-0.15, -0.1) is 0 Å². The van der Waals surface area contributed by atoms with Gasteiger partial charge in [-0.25, -0.2) is 9.36 Å². The van der Waals surface area contributed by atoms with Gasteiger partial charge in [0, 0.05) is 23.5 Å². The zero-order chi connectivity index (χ0) is 34.8. The van der Waals surface area contributed by atoms with E-state index >= 15 is 8.78 Å². The molecule has 3 aromatic rings. The fourth-order valence-electron chi connectivity index (χ4n) is 5.14. The summed E-state index contributed by atoms with van der Waals surface area (Å²) in [7, 11) is -4.48. The predicted molar refractivity (Wildman–Crippen MR) is 169 cm³/mol. The Labute approximate surface area is 274 Å². The van der Waals surface area contributed by atoms with Crippen molar-refractivity contribution in [2.45, 2.75) is 76.7 Å². The molecule has 0 spiro atoms. The Kier molecular flexibility index (Phi) is 10.3. The molecule has 1 amide bonds. The molecule has 0 bridgehead atoms. The number of benzene rings is 2. The number of carbonyl (C=O) groups excluding carboxylic acids is 2. The first-order valence-electron chi connectivity index (χ1n) is 15.1. The van der Waals surface area contributed by atoms with E-state index in [1.165, 1.54) is 19.1 Å². The zero-order valence-corrected chi connectivity index (χ0v) is 27.4. The van der Waals surface area contributed by atoms with Gasteiger partial charge in [-0.2, -0.15) is 18.9 Å². The monoisotopic (exact) mass is 691 g/mol. The van der Waals surface area contributed by atoms with Crippen LogP contribution in [0.3, 0.4) is 0 Å². The molecule has 3 heterocycles. The molecular weight excluding hydrogens is 655 g/mol. The summed E-state index contributed by atoms with van der Waals surface area (Å²) in [6.07, 6.45) is -5.37. The van der Waals surface area contributed by atoms with E-state index in [0.29, 0.717) is 10.1 Å². The van der Waals surface area contributed by atoms with Crippen molar-refractivity contribution in [1.29, 1.82) is 0 Å². The Morgan fingerprint density at radius 2 is 1.92 bits per heavy atom. The number of amides is 1. The minimum atomic E-state index is -4.48. The molecule has 258 valence electrons. The number of para-hydroxylation sites is 1. The summed E-state index contributed by atoms with van der Waals surface area (Å²) in [6.45, 7) is 5.69. The third-order valence-corrected chi connectivity index (χ3v) is 9.08. The van der Waals surface area contributed by atoms with Crippen molar-refractivity contribution in [1.82, 2.24) is 14.6 Å². The van der Waals surface area contributed by atoms with Gasteiger partial charge in [0.1, 0.15) is 23.7 Å². The van der Waals surface area contributed by atoms with Crippen molar-refractivity contribution >= 4 is 31.1 Å². The molecule has 1 aromatic heterocycles. The number of alkyl halides is 2. The van der Waals surface area contributed by atoms with Crippen LogP contribution < -0.4 is 25.9 Å². The van der Waals surface area contributed by atoms with Crippen molar-refractivity contribution in [2.75, 3.05) is 17.2 Å². The van der Waals surface area contributed by atoms with Crippen LogP contribution in [-0.4, -0.2) is 69.5 Å². The fourth-order valence-corrected chi connectivity index (χ4v) is 6.64. The van der Waals surface area contributed by atoms with E-state index in [2.05, 4.69) is 20.7 Å². The first-order chi connectivity index (χ1) is 22.6. The van der Waals surface area contributed by atoms with Gasteiger partial charge in [0.25, 0.3) is 5.91 Å². The number of nitrogens with zero attached hydrogens (tertiary/aromatic N) is 2. The number of halogens is 2. The maximum Gasteiger partial charge on any atom is 0.459 e. The number of aliphatic hydroxyl groups excluding tert-OH is 1. The summed E-state index contributed by atoms with van der Waals surface area (Å²) in [6, 6.07) is 13.0. The number of ether oxygens (including phenoxy) is 2. The van der Waals surface area contributed by atoms with Gasteiger partial charge in [-0.05, 0) is 70.0 Å². The van der Waals surface area contributed by atoms with Crippen LogP contribution in [0.1, 0.15) is 49.8 Å². The Morgan fingerprint density at radius 3 is 2.60 bits per heavy atom. The number of esters is 1. The highest BCUT2D eigenvalue weighted by atomic mass is 31.2. The van der Waals surface area contributed by atoms with Gasteiger partial charge >= 0.3 is 25.3 Å². The van der Waals surface area contributed by atoms with E-state index in [-0.39, 0.29) is 17.6 Å². The van der Waals surface area contributed by atoms with E-state index in [1.54, 1.807) is 44.2 Å². The molecule has 48 heavy (non-hydrogen) atoms. The third kappa shape index (κ3) is 7.90. The van der Waals surface area contributed by atoms with Gasteiger partial charge < -0.3 is 29.7 Å². The maximum atomic E-state index is 15.3. The van der Waals surface area contributed by atoms with Crippen LogP contribution in [-0.2, 0) is 29.8 Å². The Balaban J connectivity index is 1.28. The van der Waals surface area contributed by atoms with Gasteiger partial charge in [0.15, 0.2) is 6.10 Å². The van der Waals surface area contributed by atoms with Crippen LogP contribution in [0.15, 0.2) is 65.6 Å². The molecule has 2 aliphatic rings. The molecule has 1 fully saturated rings. The number of aliphatic hydroxyl groups is 1. The summed E-state index contributed by atoms with van der Waals surface area (Å²) in [5.41, 5.74) is 0.977. The molecule has 5 rings (SSSR count). The fraction of sp³-hybridized carbons (Fsp3) is 0.419. The van der Waals surface area contributed by atoms with Gasteiger partial charge in [-0.1, -0.05) is 24.3 Å². The van der Waals surface area contributed by atoms with Gasteiger partial charge in [0.2, 0.25) is 6.23 Å². The van der Waals surface area contributed by atoms with Crippen LogP contribution in [0.4, 0.5) is 20.3 Å². The highest BCUT2D eigenvalue weighted by Crippen LogP contribution is 2.48. The molecule has 0 saturated carbocycles. The van der Waals surface area contributed by atoms with Crippen LogP contribution in [0.25, 0.3) is 0 Å². The molecule has 0 aliphatic carbocycles. The molecule has 2 aliphatic heterocycles. The number of anilines is 2. The van der Waals surface area contributed by atoms with Crippen molar-refractivity contribution in [3.63, 3.8) is 0 Å². The predicted octanol–water partition coefficient (Wildman–Crippen LogP) is 3.88. The summed E-state index contributed by atoms with van der Waals surface area (Å²) in [5, 5.41) is 18.6. The first kappa shape index (κ1) is 35.1. The minimum Gasteiger partial charge on any atom is -0.462 e. The molecule has 2 aromatic carbocycles. The molecule has 17 heteroatoms. The number of aromatic nitrogens is 2. The summed E-state index contributed by atoms with van der Waals surface area (Å²) >= 11 is 0. The Morgan fingerprint density at radius 1 is 1.19 bits per heavy atom. The average molecular weight is 692 g/mol. The van der Waals surface area contributed by atoms with Crippen molar-refractivity contribution in [3.8, 4) is 5.75 Å². The lowest BCUT2D eigenvalue weighted by atomic mass is 10.1. The normalized spacial score (nSPS) is 23.1. The standard InChI is InChI=1S/C31H36F2N5O9P/c1-17(2)45-28(41)19(4)37-48(43,47-22-8-6-5-7-9-22)44-16-24-26(39)31(32,33)29(46-24)38-13-12-25(36-30(38)42)35-27(40)21-11-10-20-14-18(3)34-23(20)15-21/h5-13,15,17-19,24,26,29,34,39H,14,16H2,1-4H3,(H,37,43)(H,35,36,40,42)/t18?,19-,24-,26-,29?,48?/m1/s1. The first-order valence-corrected chi connectivity index (χ1v) is 16.7. The number of nitrogens with one attached hydrogen (secondary N) is 3. The number of hydrogen-bond donors (Lipinski definition) is 4. The largest absolute Gasteiger partial charge is 0.462 e. The lowest BCUT2D eigenvalue weighted by Crippen LogP contribution is -2.42. The summed E-state index contributed by atoms with van der Waals surface area (Å²) < 4.78 is 66.2. The van der Waals surface area contributed by atoms with Crippen molar-refractivity contribution < 1.29 is 46.6 Å². The average Bonchev–Trinajstić information content (AvgIpc) is 3.50. The number of carbonyl (C=O) groups is 2.